The van der Waals surface area contributed by atoms with Crippen molar-refractivity contribution in [3.8, 4) is 0 Å². The van der Waals surface area contributed by atoms with E-state index in [0.717, 1.165) is 17.5 Å². The van der Waals surface area contributed by atoms with Crippen molar-refractivity contribution in [2.24, 2.45) is 10.7 Å². The van der Waals surface area contributed by atoms with Gasteiger partial charge in [-0.1, -0.05) is 59.4 Å². The maximum absolute atomic E-state index is 13.4. The van der Waals surface area contributed by atoms with Crippen molar-refractivity contribution in [2.45, 2.75) is 59.3 Å². The number of carbonyl (C=O) groups excluding carboxylic acids is 1. The average Bonchev–Trinajstić information content (AvgIpc) is 2.78. The van der Waals surface area contributed by atoms with Gasteiger partial charge in [-0.25, -0.2) is 9.98 Å². The number of nitrogens with two attached hydrogens (primary N) is 1. The highest BCUT2D eigenvalue weighted by molar-refractivity contribution is 6.11. The number of carbonyl (C=O) groups is 1. The summed E-state index contributed by atoms with van der Waals surface area (Å²) in [5.74, 6) is -0.379. The zero-order chi connectivity index (χ0) is 24.1. The highest BCUT2D eigenvalue weighted by atomic mass is 16.3. The summed E-state index contributed by atoms with van der Waals surface area (Å²) >= 11 is 0. The number of nitrogens with zero attached hydrogens (tertiary/aromatic N) is 3. The van der Waals surface area contributed by atoms with Crippen LogP contribution in [0, 0.1) is 0 Å². The molecule has 0 spiro atoms. The number of amides is 1. The van der Waals surface area contributed by atoms with Gasteiger partial charge in [0.25, 0.3) is 5.91 Å². The van der Waals surface area contributed by atoms with Crippen LogP contribution in [0.3, 0.4) is 0 Å². The van der Waals surface area contributed by atoms with Crippen LogP contribution in [0.5, 0.6) is 0 Å². The van der Waals surface area contributed by atoms with E-state index in [1.807, 2.05) is 30.3 Å². The lowest BCUT2D eigenvalue weighted by atomic mass is 9.87. The second-order valence-electron chi connectivity index (χ2n) is 8.80. The van der Waals surface area contributed by atoms with Crippen LogP contribution in [-0.2, 0) is 10.2 Å². The summed E-state index contributed by atoms with van der Waals surface area (Å²) in [6, 6.07) is 11.5. The molecule has 1 unspecified atom stereocenters. The molecular weight excluding hydrogens is 400 g/mol. The molecule has 6 heteroatoms. The fraction of sp³-hybridized carbons (Fsp3) is 0.346. The predicted octanol–water partition coefficient (Wildman–Crippen LogP) is 5.89. The van der Waals surface area contributed by atoms with E-state index < -0.39 is 11.7 Å². The number of anilines is 2. The maximum atomic E-state index is 13.4. The second kappa shape index (κ2) is 10.3. The Hall–Kier alpha value is -3.41. The van der Waals surface area contributed by atoms with Crippen LogP contribution in [0.1, 0.15) is 65.0 Å². The average molecular weight is 435 g/mol. The van der Waals surface area contributed by atoms with E-state index in [0.29, 0.717) is 17.4 Å². The van der Waals surface area contributed by atoms with Gasteiger partial charge >= 0.3 is 0 Å². The number of benzene rings is 1. The lowest BCUT2D eigenvalue weighted by Crippen LogP contribution is -2.29. The van der Waals surface area contributed by atoms with Gasteiger partial charge in [0.15, 0.2) is 11.6 Å². The molecule has 1 heterocycles. The number of rotatable bonds is 7. The molecule has 2 aromatic rings. The summed E-state index contributed by atoms with van der Waals surface area (Å²) in [5.41, 5.74) is 8.41. The van der Waals surface area contributed by atoms with Crippen molar-refractivity contribution in [3.63, 3.8) is 0 Å². The first kappa shape index (κ1) is 24.9. The molecule has 1 aromatic carbocycles. The van der Waals surface area contributed by atoms with Crippen molar-refractivity contribution in [3.05, 3.63) is 77.5 Å². The minimum Gasteiger partial charge on any atom is -0.504 e. The van der Waals surface area contributed by atoms with E-state index in [2.05, 4.69) is 51.2 Å². The molecule has 1 atom stereocenters. The van der Waals surface area contributed by atoms with Crippen LogP contribution in [0.15, 0.2) is 71.3 Å². The molecule has 0 bridgehead atoms. The topological polar surface area (TPSA) is 91.8 Å². The van der Waals surface area contributed by atoms with E-state index in [1.165, 1.54) is 11.1 Å². The number of aliphatic hydroxyl groups excluding tert-OH is 1. The SMILES string of the molecule is C=C(C(=O)N(c1ccc(C(C)(C)C)cc1)c1ccc(C(C)CC)cn1)/C(O)=C(N)\N=C/C. The van der Waals surface area contributed by atoms with Crippen molar-refractivity contribution in [2.75, 3.05) is 4.90 Å². The van der Waals surface area contributed by atoms with Crippen LogP contribution < -0.4 is 10.6 Å². The quantitative estimate of drug-likeness (QED) is 0.246. The second-order valence-corrected chi connectivity index (χ2v) is 8.80. The Balaban J connectivity index is 2.55. The molecular formula is C26H34N4O2. The number of aromatic nitrogens is 1. The molecule has 170 valence electrons. The predicted molar refractivity (Wildman–Crippen MR) is 132 cm³/mol. The van der Waals surface area contributed by atoms with Gasteiger partial charge in [0.1, 0.15) is 5.82 Å². The van der Waals surface area contributed by atoms with Crippen LogP contribution in [0.2, 0.25) is 0 Å². The Bertz CT molecular complexity index is 1010. The Morgan fingerprint density at radius 3 is 2.34 bits per heavy atom. The zero-order valence-electron chi connectivity index (χ0n) is 19.9. The number of aliphatic imine (C=N–C) groups is 1. The summed E-state index contributed by atoms with van der Waals surface area (Å²) in [5, 5.41) is 10.4. The lowest BCUT2D eigenvalue weighted by molar-refractivity contribution is -0.114. The number of pyridine rings is 1. The molecule has 0 saturated heterocycles. The normalized spacial score (nSPS) is 13.6. The highest BCUT2D eigenvalue weighted by Crippen LogP contribution is 2.31. The third-order valence-corrected chi connectivity index (χ3v) is 5.43. The van der Waals surface area contributed by atoms with E-state index in [4.69, 9.17) is 5.73 Å². The maximum Gasteiger partial charge on any atom is 0.267 e. The van der Waals surface area contributed by atoms with Crippen molar-refractivity contribution in [1.82, 2.24) is 4.98 Å². The van der Waals surface area contributed by atoms with Gasteiger partial charge in [0, 0.05) is 12.4 Å². The molecule has 32 heavy (non-hydrogen) atoms. The molecule has 0 radical (unpaired) electrons. The third-order valence-electron chi connectivity index (χ3n) is 5.43. The standard InChI is InChI=1S/C26H34N4O2/c1-8-17(3)19-10-15-22(29-16-19)30(21-13-11-20(12-14-21)26(5,6)7)25(32)18(4)23(31)24(27)28-9-2/h9-17,31H,4,8,27H2,1-3,5-7H3/b24-23+,28-9-. The van der Waals surface area contributed by atoms with Gasteiger partial charge < -0.3 is 10.8 Å². The van der Waals surface area contributed by atoms with Gasteiger partial charge in [0.2, 0.25) is 0 Å². The molecule has 0 aliphatic rings. The Kier molecular flexibility index (Phi) is 7.97. The van der Waals surface area contributed by atoms with Gasteiger partial charge in [-0.15, -0.1) is 0 Å². The fourth-order valence-corrected chi connectivity index (χ4v) is 3.11. The minimum atomic E-state index is -0.538. The summed E-state index contributed by atoms with van der Waals surface area (Å²) in [6.07, 6.45) is 4.20. The monoisotopic (exact) mass is 434 g/mol. The Morgan fingerprint density at radius 2 is 1.88 bits per heavy atom. The van der Waals surface area contributed by atoms with Crippen LogP contribution in [0.25, 0.3) is 0 Å². The molecule has 0 fully saturated rings. The molecule has 0 aliphatic heterocycles. The van der Waals surface area contributed by atoms with Crippen molar-refractivity contribution < 1.29 is 9.90 Å². The highest BCUT2D eigenvalue weighted by Gasteiger charge is 2.26. The summed E-state index contributed by atoms with van der Waals surface area (Å²) in [4.78, 5) is 23.3. The Morgan fingerprint density at radius 1 is 1.25 bits per heavy atom. The van der Waals surface area contributed by atoms with Crippen LogP contribution in [-0.4, -0.2) is 22.2 Å². The lowest BCUT2D eigenvalue weighted by Gasteiger charge is -2.25. The van der Waals surface area contributed by atoms with Gasteiger partial charge in [0.05, 0.1) is 11.3 Å². The first-order chi connectivity index (χ1) is 15.0. The first-order valence-corrected chi connectivity index (χ1v) is 10.8. The van der Waals surface area contributed by atoms with Crippen LogP contribution >= 0.6 is 0 Å². The Labute approximate surface area is 191 Å². The van der Waals surface area contributed by atoms with E-state index >= 15 is 0 Å². The summed E-state index contributed by atoms with van der Waals surface area (Å²) in [7, 11) is 0. The zero-order valence-corrected chi connectivity index (χ0v) is 19.9. The summed E-state index contributed by atoms with van der Waals surface area (Å²) < 4.78 is 0. The molecule has 0 saturated carbocycles. The molecule has 0 aliphatic carbocycles. The molecule has 3 N–H and O–H groups in total. The van der Waals surface area contributed by atoms with E-state index in [-0.39, 0.29) is 16.8 Å². The largest absolute Gasteiger partial charge is 0.504 e. The minimum absolute atomic E-state index is 0.0270. The number of hydrogen-bond acceptors (Lipinski definition) is 5. The van der Waals surface area contributed by atoms with Crippen molar-refractivity contribution in [1.29, 1.82) is 0 Å². The molecule has 2 rings (SSSR count). The number of aliphatic hydroxyl groups is 1. The van der Waals surface area contributed by atoms with Gasteiger partial charge in [-0.3, -0.25) is 9.69 Å². The smallest absolute Gasteiger partial charge is 0.267 e. The number of hydrogen-bond donors (Lipinski definition) is 2. The van der Waals surface area contributed by atoms with E-state index in [1.54, 1.807) is 19.2 Å². The fourth-order valence-electron chi connectivity index (χ4n) is 3.11. The molecule has 1 amide bonds. The van der Waals surface area contributed by atoms with Crippen molar-refractivity contribution >= 4 is 23.6 Å². The van der Waals surface area contributed by atoms with E-state index in [9.17, 15) is 9.90 Å². The molecule has 1 aromatic heterocycles. The van der Waals surface area contributed by atoms with Crippen LogP contribution in [0.4, 0.5) is 11.5 Å². The third kappa shape index (κ3) is 5.63. The van der Waals surface area contributed by atoms with Gasteiger partial charge in [-0.2, -0.15) is 0 Å². The first-order valence-electron chi connectivity index (χ1n) is 10.8. The summed E-state index contributed by atoms with van der Waals surface area (Å²) in [6.45, 7) is 16.1. The van der Waals surface area contributed by atoms with Gasteiger partial charge in [-0.05, 0) is 54.0 Å². The molecule has 6 nitrogen and oxygen atoms in total.